The molecule has 0 aliphatic carbocycles. The van der Waals surface area contributed by atoms with Crippen LogP contribution in [0, 0.1) is 0 Å². The summed E-state index contributed by atoms with van der Waals surface area (Å²) in [7, 11) is 1.34. The molecule has 0 spiro atoms. The van der Waals surface area contributed by atoms with Crippen LogP contribution < -0.4 is 5.32 Å². The molecule has 2 aromatic rings. The van der Waals surface area contributed by atoms with Crippen molar-refractivity contribution in [1.82, 2.24) is 10.3 Å². The Morgan fingerprint density at radius 1 is 1.14 bits per heavy atom. The zero-order chi connectivity index (χ0) is 16.0. The number of pyridine rings is 1. The zero-order valence-electron chi connectivity index (χ0n) is 12.6. The Labute approximate surface area is 129 Å². The number of benzene rings is 1. The Hall–Kier alpha value is -2.69. The lowest BCUT2D eigenvalue weighted by molar-refractivity contribution is -0.146. The molecule has 1 aromatic heterocycles. The summed E-state index contributed by atoms with van der Waals surface area (Å²) in [4.78, 5) is 28.2. The molecule has 1 N–H and O–H groups in total. The van der Waals surface area contributed by atoms with Crippen LogP contribution in [0.2, 0.25) is 0 Å². The molecule has 0 aliphatic rings. The van der Waals surface area contributed by atoms with Gasteiger partial charge in [-0.05, 0) is 24.6 Å². The van der Waals surface area contributed by atoms with Gasteiger partial charge in [-0.1, -0.05) is 30.3 Å². The molecule has 0 aliphatic heterocycles. The lowest BCUT2D eigenvalue weighted by Crippen LogP contribution is -2.45. The minimum absolute atomic E-state index is 0.144. The van der Waals surface area contributed by atoms with Gasteiger partial charge in [0.25, 0.3) is 5.91 Å². The molecule has 0 radical (unpaired) electrons. The Bertz CT molecular complexity index is 643. The van der Waals surface area contributed by atoms with Crippen LogP contribution in [0.3, 0.4) is 0 Å². The van der Waals surface area contributed by atoms with Crippen molar-refractivity contribution in [2.24, 2.45) is 0 Å². The molecular weight excluding hydrogens is 280 g/mol. The van der Waals surface area contributed by atoms with Crippen LogP contribution in [0.5, 0.6) is 0 Å². The molecule has 114 valence electrons. The van der Waals surface area contributed by atoms with Gasteiger partial charge in [-0.15, -0.1) is 0 Å². The van der Waals surface area contributed by atoms with Crippen molar-refractivity contribution in [2.75, 3.05) is 13.7 Å². The first-order valence-electron chi connectivity index (χ1n) is 6.90. The molecule has 5 heteroatoms. The monoisotopic (exact) mass is 298 g/mol. The van der Waals surface area contributed by atoms with Crippen LogP contribution in [0.15, 0.2) is 54.9 Å². The van der Waals surface area contributed by atoms with Crippen molar-refractivity contribution in [3.05, 3.63) is 66.0 Å². The van der Waals surface area contributed by atoms with Crippen LogP contribution in [-0.2, 0) is 14.9 Å². The number of aromatic nitrogens is 1. The second kappa shape index (κ2) is 6.85. The first kappa shape index (κ1) is 15.7. The third-order valence-electron chi connectivity index (χ3n) is 3.59. The van der Waals surface area contributed by atoms with E-state index in [-0.39, 0.29) is 12.5 Å². The van der Waals surface area contributed by atoms with Crippen molar-refractivity contribution in [2.45, 2.75) is 12.3 Å². The van der Waals surface area contributed by atoms with Gasteiger partial charge >= 0.3 is 5.97 Å². The number of ether oxygens (including phenoxy) is 1. The summed E-state index contributed by atoms with van der Waals surface area (Å²) in [5.74, 6) is -0.651. The Balaban J connectivity index is 2.18. The number of nitrogens with zero attached hydrogens (tertiary/aromatic N) is 1. The summed E-state index contributed by atoms with van der Waals surface area (Å²) in [5, 5.41) is 2.79. The van der Waals surface area contributed by atoms with Gasteiger partial charge in [0.1, 0.15) is 5.41 Å². The van der Waals surface area contributed by atoms with Crippen LogP contribution in [0.4, 0.5) is 0 Å². The average molecular weight is 298 g/mol. The molecule has 5 nitrogen and oxygen atoms in total. The lowest BCUT2D eigenvalue weighted by atomic mass is 9.82. The molecule has 1 heterocycles. The van der Waals surface area contributed by atoms with Crippen molar-refractivity contribution >= 4 is 11.9 Å². The highest BCUT2D eigenvalue weighted by Crippen LogP contribution is 2.24. The van der Waals surface area contributed by atoms with E-state index in [1.54, 1.807) is 31.5 Å². The fourth-order valence-electron chi connectivity index (χ4n) is 2.19. The van der Waals surface area contributed by atoms with Gasteiger partial charge in [-0.25, -0.2) is 0 Å². The minimum Gasteiger partial charge on any atom is -0.468 e. The quantitative estimate of drug-likeness (QED) is 0.857. The highest BCUT2D eigenvalue weighted by molar-refractivity contribution is 5.94. The topological polar surface area (TPSA) is 68.3 Å². The summed E-state index contributed by atoms with van der Waals surface area (Å²) >= 11 is 0. The number of nitrogens with one attached hydrogen (secondary N) is 1. The summed E-state index contributed by atoms with van der Waals surface area (Å²) < 4.78 is 4.91. The molecule has 1 aromatic carbocycles. The fourth-order valence-corrected chi connectivity index (χ4v) is 2.19. The van der Waals surface area contributed by atoms with E-state index < -0.39 is 11.4 Å². The summed E-state index contributed by atoms with van der Waals surface area (Å²) in [5.41, 5.74) is 0.339. The van der Waals surface area contributed by atoms with Gasteiger partial charge in [0.2, 0.25) is 0 Å². The number of hydrogen-bond acceptors (Lipinski definition) is 4. The maximum atomic E-state index is 12.2. The summed E-state index contributed by atoms with van der Waals surface area (Å²) in [6.45, 7) is 1.89. The molecule has 0 fully saturated rings. The molecule has 1 unspecified atom stereocenters. The molecule has 0 saturated carbocycles. The van der Waals surface area contributed by atoms with Gasteiger partial charge in [0.15, 0.2) is 0 Å². The molecule has 0 saturated heterocycles. The number of rotatable bonds is 5. The van der Waals surface area contributed by atoms with Gasteiger partial charge in [-0.2, -0.15) is 0 Å². The normalized spacial score (nSPS) is 13.0. The molecule has 22 heavy (non-hydrogen) atoms. The van der Waals surface area contributed by atoms with Crippen molar-refractivity contribution in [1.29, 1.82) is 0 Å². The zero-order valence-corrected chi connectivity index (χ0v) is 12.6. The number of esters is 1. The molecular formula is C17H18N2O3. The number of carbonyl (C=O) groups is 2. The van der Waals surface area contributed by atoms with E-state index >= 15 is 0 Å². The van der Waals surface area contributed by atoms with Crippen molar-refractivity contribution in [3.8, 4) is 0 Å². The smallest absolute Gasteiger partial charge is 0.317 e. The van der Waals surface area contributed by atoms with Gasteiger partial charge in [-0.3, -0.25) is 14.6 Å². The van der Waals surface area contributed by atoms with E-state index in [0.717, 1.165) is 5.56 Å². The van der Waals surface area contributed by atoms with Gasteiger partial charge < -0.3 is 10.1 Å². The van der Waals surface area contributed by atoms with E-state index in [4.69, 9.17) is 4.74 Å². The minimum atomic E-state index is -0.946. The van der Waals surface area contributed by atoms with E-state index in [9.17, 15) is 9.59 Å². The molecule has 1 amide bonds. The summed E-state index contributed by atoms with van der Waals surface area (Å²) in [6.07, 6.45) is 3.09. The van der Waals surface area contributed by atoms with E-state index in [1.165, 1.54) is 7.11 Å². The molecule has 2 rings (SSSR count). The number of carbonyl (C=O) groups excluding carboxylic acids is 2. The average Bonchev–Trinajstić information content (AvgIpc) is 2.60. The van der Waals surface area contributed by atoms with Crippen molar-refractivity contribution in [3.63, 3.8) is 0 Å². The van der Waals surface area contributed by atoms with Crippen molar-refractivity contribution < 1.29 is 14.3 Å². The second-order valence-electron chi connectivity index (χ2n) is 5.11. The van der Waals surface area contributed by atoms with Crippen LogP contribution in [0.25, 0.3) is 0 Å². The number of amides is 1. The Morgan fingerprint density at radius 2 is 1.77 bits per heavy atom. The number of methoxy groups -OCH3 is 1. The highest BCUT2D eigenvalue weighted by atomic mass is 16.5. The molecule has 0 bridgehead atoms. The van der Waals surface area contributed by atoms with Crippen LogP contribution in [0.1, 0.15) is 22.8 Å². The largest absolute Gasteiger partial charge is 0.468 e. The SMILES string of the molecule is COC(=O)C(C)(CNC(=O)c1ccncc1)c1ccccc1. The van der Waals surface area contributed by atoms with Crippen LogP contribution >= 0.6 is 0 Å². The maximum absolute atomic E-state index is 12.2. The third kappa shape index (κ3) is 3.31. The van der Waals surface area contributed by atoms with E-state index in [1.807, 2.05) is 30.3 Å². The van der Waals surface area contributed by atoms with E-state index in [0.29, 0.717) is 5.56 Å². The standard InChI is InChI=1S/C17H18N2O3/c1-17(16(21)22-2,14-6-4-3-5-7-14)12-19-15(20)13-8-10-18-11-9-13/h3-11H,12H2,1-2H3,(H,19,20). The van der Waals surface area contributed by atoms with Crippen LogP contribution in [-0.4, -0.2) is 30.5 Å². The maximum Gasteiger partial charge on any atom is 0.317 e. The van der Waals surface area contributed by atoms with Gasteiger partial charge in [0.05, 0.1) is 7.11 Å². The summed E-state index contributed by atoms with van der Waals surface area (Å²) in [6, 6.07) is 12.5. The Kier molecular flexibility index (Phi) is 4.88. The predicted molar refractivity (Wildman–Crippen MR) is 82.4 cm³/mol. The third-order valence-corrected chi connectivity index (χ3v) is 3.59. The highest BCUT2D eigenvalue weighted by Gasteiger charge is 2.36. The fraction of sp³-hybridized carbons (Fsp3) is 0.235. The number of hydrogen-bond donors (Lipinski definition) is 1. The first-order valence-corrected chi connectivity index (χ1v) is 6.90. The van der Waals surface area contributed by atoms with Gasteiger partial charge in [0, 0.05) is 24.5 Å². The van der Waals surface area contributed by atoms with E-state index in [2.05, 4.69) is 10.3 Å². The Morgan fingerprint density at radius 3 is 2.36 bits per heavy atom. The lowest BCUT2D eigenvalue weighted by Gasteiger charge is -2.27. The second-order valence-corrected chi connectivity index (χ2v) is 5.11. The predicted octanol–water partition coefficient (Wildman–Crippen LogP) is 1.94. The first-order chi connectivity index (χ1) is 10.6. The molecule has 1 atom stereocenters.